The molecule has 2 atom stereocenters. The van der Waals surface area contributed by atoms with Crippen molar-refractivity contribution in [3.63, 3.8) is 0 Å². The van der Waals surface area contributed by atoms with Gasteiger partial charge in [-0.1, -0.05) is 207 Å². The molecule has 366 valence electrons. The van der Waals surface area contributed by atoms with Gasteiger partial charge in [0.25, 0.3) is 0 Å². The molecule has 0 spiro atoms. The van der Waals surface area contributed by atoms with E-state index in [1.165, 1.54) is 70.6 Å². The molecule has 0 bridgehead atoms. The minimum Gasteiger partial charge on any atom is -0.462 e. The molecule has 0 aliphatic heterocycles. The quantitative estimate of drug-likeness (QED) is 0.0265. The van der Waals surface area contributed by atoms with Crippen molar-refractivity contribution in [1.82, 2.24) is 0 Å². The van der Waals surface area contributed by atoms with E-state index in [0.29, 0.717) is 6.42 Å². The van der Waals surface area contributed by atoms with E-state index < -0.39 is 32.5 Å². The predicted octanol–water partition coefficient (Wildman–Crippen LogP) is 15.3. The lowest BCUT2D eigenvalue weighted by atomic mass is 10.0. The van der Waals surface area contributed by atoms with Gasteiger partial charge in [-0.25, -0.2) is 4.57 Å². The number of unbranched alkanes of at least 4 members (excludes halogenated alkanes) is 17. The SMILES string of the molecule is CC/C=C\C/C=C\C/C=C\C/C=C\C/C=C\C/C=C\C/C=C\C/C=C\CCCCCCC(=O)OC(COC(=O)CCCCCCCCCCCCCCCC)COP(=O)(O)OCCN. The molecule has 0 aromatic heterocycles. The van der Waals surface area contributed by atoms with E-state index in [-0.39, 0.29) is 32.6 Å². The molecule has 0 radical (unpaired) electrons. The van der Waals surface area contributed by atoms with Gasteiger partial charge in [-0.3, -0.25) is 18.6 Å². The van der Waals surface area contributed by atoms with Crippen molar-refractivity contribution in [2.75, 3.05) is 26.4 Å². The molecule has 0 aliphatic carbocycles. The van der Waals surface area contributed by atoms with E-state index in [1.807, 2.05) is 0 Å². The lowest BCUT2D eigenvalue weighted by Gasteiger charge is -2.19. The number of esters is 2. The summed E-state index contributed by atoms with van der Waals surface area (Å²) in [5.41, 5.74) is 5.36. The summed E-state index contributed by atoms with van der Waals surface area (Å²) in [6.45, 7) is 3.59. The van der Waals surface area contributed by atoms with Gasteiger partial charge in [0.05, 0.1) is 13.2 Å². The molecule has 0 aromatic carbocycles. The van der Waals surface area contributed by atoms with Crippen LogP contribution in [0.1, 0.15) is 200 Å². The molecule has 10 heteroatoms. The van der Waals surface area contributed by atoms with E-state index >= 15 is 0 Å². The van der Waals surface area contributed by atoms with Gasteiger partial charge in [0.15, 0.2) is 6.10 Å². The normalized spacial score (nSPS) is 14.0. The van der Waals surface area contributed by atoms with Gasteiger partial charge in [0.1, 0.15) is 6.61 Å². The average molecular weight is 914 g/mol. The van der Waals surface area contributed by atoms with Gasteiger partial charge in [0, 0.05) is 19.4 Å². The highest BCUT2D eigenvalue weighted by Crippen LogP contribution is 2.43. The van der Waals surface area contributed by atoms with Crippen molar-refractivity contribution in [3.05, 3.63) is 97.2 Å². The van der Waals surface area contributed by atoms with Crippen molar-refractivity contribution in [2.24, 2.45) is 5.73 Å². The Morgan fingerprint density at radius 3 is 1.28 bits per heavy atom. The molecule has 64 heavy (non-hydrogen) atoms. The Hall–Kier alpha value is -3.07. The van der Waals surface area contributed by atoms with Crippen molar-refractivity contribution < 1.29 is 37.6 Å². The molecular weight excluding hydrogens is 822 g/mol. The number of hydrogen-bond donors (Lipinski definition) is 2. The van der Waals surface area contributed by atoms with Crippen LogP contribution in [0, 0.1) is 0 Å². The van der Waals surface area contributed by atoms with Gasteiger partial charge in [-0.2, -0.15) is 0 Å². The monoisotopic (exact) mass is 914 g/mol. The summed E-state index contributed by atoms with van der Waals surface area (Å²) in [6, 6.07) is 0. The molecule has 2 unspecified atom stereocenters. The minimum absolute atomic E-state index is 0.0448. The molecule has 0 saturated carbocycles. The van der Waals surface area contributed by atoms with Crippen LogP contribution >= 0.6 is 7.82 Å². The summed E-state index contributed by atoms with van der Waals surface area (Å²) in [4.78, 5) is 35.0. The molecule has 0 saturated heterocycles. The van der Waals surface area contributed by atoms with Crippen molar-refractivity contribution in [2.45, 2.75) is 206 Å². The Bertz CT molecular complexity index is 1360. The Kier molecular flexibility index (Phi) is 47.0. The molecular formula is C54H92NO8P. The number of ether oxygens (including phenoxy) is 2. The number of nitrogens with two attached hydrogens (primary N) is 1. The second kappa shape index (κ2) is 49.4. The maximum Gasteiger partial charge on any atom is 0.472 e. The second-order valence-electron chi connectivity index (χ2n) is 16.3. The van der Waals surface area contributed by atoms with Crippen molar-refractivity contribution in [1.29, 1.82) is 0 Å². The maximum atomic E-state index is 12.6. The van der Waals surface area contributed by atoms with Crippen LogP contribution < -0.4 is 5.73 Å². The Labute approximate surface area is 391 Å². The number of allylic oxidation sites excluding steroid dienone is 16. The van der Waals surface area contributed by atoms with E-state index in [1.54, 1.807) is 0 Å². The highest BCUT2D eigenvalue weighted by atomic mass is 31.2. The number of carbonyl (C=O) groups excluding carboxylic acids is 2. The third-order valence-electron chi connectivity index (χ3n) is 10.2. The Morgan fingerprint density at radius 1 is 0.484 bits per heavy atom. The molecule has 0 aromatic rings. The largest absolute Gasteiger partial charge is 0.472 e. The van der Waals surface area contributed by atoms with E-state index in [4.69, 9.17) is 24.3 Å². The highest BCUT2D eigenvalue weighted by molar-refractivity contribution is 7.47. The first kappa shape index (κ1) is 60.9. The average Bonchev–Trinajstić information content (AvgIpc) is 3.28. The van der Waals surface area contributed by atoms with Crippen LogP contribution in [-0.2, 0) is 32.7 Å². The third kappa shape index (κ3) is 48.4. The van der Waals surface area contributed by atoms with Crippen LogP contribution in [0.25, 0.3) is 0 Å². The van der Waals surface area contributed by atoms with Gasteiger partial charge in [0.2, 0.25) is 0 Å². The molecule has 0 amide bonds. The van der Waals surface area contributed by atoms with E-state index in [0.717, 1.165) is 96.3 Å². The minimum atomic E-state index is -4.39. The fourth-order valence-corrected chi connectivity index (χ4v) is 7.30. The third-order valence-corrected chi connectivity index (χ3v) is 11.2. The standard InChI is InChI=1S/C54H92NO8P/c1-3-5-7-9-11-13-15-17-19-20-21-22-23-24-25-26-27-28-29-30-31-32-33-35-37-39-41-43-45-47-54(57)63-52(51-62-64(58,59)61-49-48-55)50-60-53(56)46-44-42-40-38-36-34-18-16-14-12-10-8-6-4-2/h5,7,11,13,17,19,21-22,24-25,27-28,30-31,33,35,52H,3-4,6,8-10,12,14-16,18,20,23,26,29,32,34,36-51,55H2,1-2H3,(H,58,59)/b7-5-,13-11-,19-17-,22-21-,25-24-,28-27-,31-30-,35-33-. The lowest BCUT2D eigenvalue weighted by molar-refractivity contribution is -0.161. The number of phosphoric acid groups is 1. The van der Waals surface area contributed by atoms with Gasteiger partial charge < -0.3 is 20.1 Å². The lowest BCUT2D eigenvalue weighted by Crippen LogP contribution is -2.29. The van der Waals surface area contributed by atoms with Gasteiger partial charge in [-0.05, 0) is 77.0 Å². The number of rotatable bonds is 46. The first-order valence-corrected chi connectivity index (χ1v) is 26.7. The second-order valence-corrected chi connectivity index (χ2v) is 17.8. The maximum absolute atomic E-state index is 12.6. The molecule has 0 rings (SSSR count). The molecule has 9 nitrogen and oxygen atoms in total. The molecule has 0 fully saturated rings. The molecule has 3 N–H and O–H groups in total. The fourth-order valence-electron chi connectivity index (χ4n) is 6.53. The summed E-state index contributed by atoms with van der Waals surface area (Å²) >= 11 is 0. The summed E-state index contributed by atoms with van der Waals surface area (Å²) in [6.07, 6.45) is 64.4. The molecule has 0 heterocycles. The fraction of sp³-hybridized carbons (Fsp3) is 0.667. The van der Waals surface area contributed by atoms with Gasteiger partial charge in [-0.15, -0.1) is 0 Å². The summed E-state index contributed by atoms with van der Waals surface area (Å²) in [5, 5.41) is 0. The first-order chi connectivity index (χ1) is 31.3. The number of hydrogen-bond acceptors (Lipinski definition) is 8. The van der Waals surface area contributed by atoms with Crippen LogP contribution in [0.5, 0.6) is 0 Å². The Morgan fingerprint density at radius 2 is 0.859 bits per heavy atom. The zero-order valence-corrected chi connectivity index (χ0v) is 41.4. The van der Waals surface area contributed by atoms with E-state index in [2.05, 4.69) is 111 Å². The van der Waals surface area contributed by atoms with Crippen LogP contribution in [0.3, 0.4) is 0 Å². The summed E-state index contributed by atoms with van der Waals surface area (Å²) in [5.74, 6) is -0.861. The first-order valence-electron chi connectivity index (χ1n) is 25.2. The van der Waals surface area contributed by atoms with Crippen LogP contribution in [0.15, 0.2) is 97.2 Å². The smallest absolute Gasteiger partial charge is 0.462 e. The van der Waals surface area contributed by atoms with Crippen LogP contribution in [-0.4, -0.2) is 49.3 Å². The number of carbonyl (C=O) groups is 2. The van der Waals surface area contributed by atoms with E-state index in [9.17, 15) is 19.0 Å². The molecule has 0 aliphatic rings. The topological polar surface area (TPSA) is 134 Å². The number of phosphoric ester groups is 1. The van der Waals surface area contributed by atoms with Crippen LogP contribution in [0.2, 0.25) is 0 Å². The zero-order valence-electron chi connectivity index (χ0n) is 40.5. The zero-order chi connectivity index (χ0) is 46.7. The Balaban J connectivity index is 4.14. The van der Waals surface area contributed by atoms with Crippen molar-refractivity contribution >= 4 is 19.8 Å². The summed E-state index contributed by atoms with van der Waals surface area (Å²) < 4.78 is 32.9. The summed E-state index contributed by atoms with van der Waals surface area (Å²) in [7, 11) is -4.39. The van der Waals surface area contributed by atoms with Gasteiger partial charge >= 0.3 is 19.8 Å². The van der Waals surface area contributed by atoms with Crippen molar-refractivity contribution in [3.8, 4) is 0 Å². The highest BCUT2D eigenvalue weighted by Gasteiger charge is 2.26. The predicted molar refractivity (Wildman–Crippen MR) is 270 cm³/mol. The van der Waals surface area contributed by atoms with Crippen LogP contribution in [0.4, 0.5) is 0 Å².